The van der Waals surface area contributed by atoms with Gasteiger partial charge in [0.2, 0.25) is 0 Å². The van der Waals surface area contributed by atoms with Gasteiger partial charge in [0, 0.05) is 0 Å². The van der Waals surface area contributed by atoms with Gasteiger partial charge in [0.15, 0.2) is 14.6 Å². The van der Waals surface area contributed by atoms with Crippen molar-refractivity contribution in [3.8, 4) is 0 Å². The third kappa shape index (κ3) is 3.65. The van der Waals surface area contributed by atoms with Crippen molar-refractivity contribution in [2.24, 2.45) is 0 Å². The van der Waals surface area contributed by atoms with E-state index in [2.05, 4.69) is 40.4 Å². The molecule has 1 fully saturated rings. The average Bonchev–Trinajstić information content (AvgIpc) is 2.19. The van der Waals surface area contributed by atoms with Crippen LogP contribution in [0.5, 0.6) is 0 Å². The van der Waals surface area contributed by atoms with Crippen LogP contribution >= 0.6 is 0 Å². The van der Waals surface area contributed by atoms with Crippen LogP contribution in [0.25, 0.3) is 0 Å². The molecule has 1 N–H and O–H groups in total. The third-order valence-corrected chi connectivity index (χ3v) is 8.39. The highest BCUT2D eigenvalue weighted by Crippen LogP contribution is 2.39. The van der Waals surface area contributed by atoms with Gasteiger partial charge >= 0.3 is 0 Å². The van der Waals surface area contributed by atoms with Crippen LogP contribution in [0.4, 0.5) is 0 Å². The molecule has 17 heavy (non-hydrogen) atoms. The lowest BCUT2D eigenvalue weighted by molar-refractivity contribution is -0.199. The Hall–Kier alpha value is -0.163. The Bertz CT molecular complexity index is 270. The van der Waals surface area contributed by atoms with Gasteiger partial charge < -0.3 is 14.3 Å². The first kappa shape index (κ1) is 14.9. The maximum absolute atomic E-state index is 9.93. The molecular formula is C13H26O3Si. The lowest BCUT2D eigenvalue weighted by Crippen LogP contribution is -2.50. The van der Waals surface area contributed by atoms with E-state index in [1.165, 1.54) is 0 Å². The molecule has 0 aromatic rings. The molecule has 0 bridgehead atoms. The van der Waals surface area contributed by atoms with Crippen LogP contribution in [-0.2, 0) is 9.16 Å². The normalized spacial score (nSPS) is 31.3. The van der Waals surface area contributed by atoms with Crippen LogP contribution in [0, 0.1) is 0 Å². The molecule has 4 heteroatoms. The summed E-state index contributed by atoms with van der Waals surface area (Å²) >= 11 is 0. The first-order valence-corrected chi connectivity index (χ1v) is 9.22. The van der Waals surface area contributed by atoms with E-state index < -0.39 is 14.6 Å². The molecule has 0 aliphatic carbocycles. The first-order chi connectivity index (χ1) is 7.67. The molecule has 100 valence electrons. The maximum Gasteiger partial charge on any atom is 0.192 e. The molecule has 0 amide bonds. The predicted octanol–water partition coefficient (Wildman–Crippen LogP) is 3.06. The summed E-state index contributed by atoms with van der Waals surface area (Å²) in [6, 6.07) is 0. The lowest BCUT2D eigenvalue weighted by atomic mass is 10.1. The molecule has 1 saturated heterocycles. The Morgan fingerprint density at radius 3 is 2.35 bits per heavy atom. The minimum atomic E-state index is -1.83. The van der Waals surface area contributed by atoms with Gasteiger partial charge in [-0.15, -0.1) is 6.58 Å². The maximum atomic E-state index is 9.93. The highest BCUT2D eigenvalue weighted by Gasteiger charge is 2.42. The van der Waals surface area contributed by atoms with Gasteiger partial charge in [0.1, 0.15) is 0 Å². The summed E-state index contributed by atoms with van der Waals surface area (Å²) in [5.41, 5.74) is 0. The summed E-state index contributed by atoms with van der Waals surface area (Å²) < 4.78 is 11.6. The molecule has 1 aliphatic heterocycles. The Labute approximate surface area is 106 Å². The summed E-state index contributed by atoms with van der Waals surface area (Å²) in [5.74, 6) is 0. The van der Waals surface area contributed by atoms with Crippen molar-refractivity contribution in [1.29, 1.82) is 0 Å². The highest BCUT2D eigenvalue weighted by atomic mass is 28.4. The van der Waals surface area contributed by atoms with Gasteiger partial charge in [-0.1, -0.05) is 26.8 Å². The number of ether oxygens (including phenoxy) is 1. The molecule has 3 atom stereocenters. The molecule has 1 aliphatic rings. The van der Waals surface area contributed by atoms with E-state index >= 15 is 0 Å². The first-order valence-electron chi connectivity index (χ1n) is 6.31. The van der Waals surface area contributed by atoms with Crippen LogP contribution in [0.1, 0.15) is 33.6 Å². The number of aliphatic hydroxyl groups is 1. The minimum Gasteiger partial charge on any atom is -0.409 e. The Kier molecular flexibility index (Phi) is 4.58. The smallest absolute Gasteiger partial charge is 0.192 e. The molecule has 0 radical (unpaired) electrons. The van der Waals surface area contributed by atoms with Crippen molar-refractivity contribution < 1.29 is 14.3 Å². The number of hydrogen-bond donors (Lipinski definition) is 1. The van der Waals surface area contributed by atoms with Gasteiger partial charge in [-0.3, -0.25) is 0 Å². The van der Waals surface area contributed by atoms with Crippen molar-refractivity contribution >= 4 is 8.32 Å². The van der Waals surface area contributed by atoms with Crippen LogP contribution < -0.4 is 0 Å². The van der Waals surface area contributed by atoms with E-state index in [0.717, 1.165) is 12.8 Å². The molecule has 1 heterocycles. The van der Waals surface area contributed by atoms with E-state index in [1.54, 1.807) is 6.08 Å². The van der Waals surface area contributed by atoms with E-state index in [1.807, 2.05) is 0 Å². The molecule has 1 rings (SSSR count). The number of aliphatic hydroxyl groups excluding tert-OH is 1. The second-order valence-electron chi connectivity index (χ2n) is 6.29. The molecule has 0 spiro atoms. The van der Waals surface area contributed by atoms with Gasteiger partial charge in [-0.05, 0) is 31.0 Å². The minimum absolute atomic E-state index is 0.0377. The quantitative estimate of drug-likeness (QED) is 0.624. The average molecular weight is 258 g/mol. The molecule has 0 aromatic heterocycles. The second-order valence-corrected chi connectivity index (χ2v) is 11.1. The largest absolute Gasteiger partial charge is 0.409 e. The Morgan fingerprint density at radius 1 is 1.35 bits per heavy atom. The summed E-state index contributed by atoms with van der Waals surface area (Å²) in [6.07, 6.45) is 2.41. The highest BCUT2D eigenvalue weighted by molar-refractivity contribution is 6.74. The standard InChI is InChI=1S/C13H26O3Si/c1-7-10-8-9-11(12(14)15-10)16-17(5,6)13(2,3)4/h7,10-12,14H,1,8-9H2,2-6H3/t10-,11-,12?/m0/s1. The van der Waals surface area contributed by atoms with Gasteiger partial charge in [0.05, 0.1) is 12.2 Å². The summed E-state index contributed by atoms with van der Waals surface area (Å²) in [6.45, 7) is 14.7. The summed E-state index contributed by atoms with van der Waals surface area (Å²) in [5, 5.41) is 10.1. The fraction of sp³-hybridized carbons (Fsp3) is 0.846. The zero-order chi connectivity index (χ0) is 13.3. The van der Waals surface area contributed by atoms with E-state index in [0.29, 0.717) is 0 Å². The predicted molar refractivity (Wildman–Crippen MR) is 72.4 cm³/mol. The molecule has 0 saturated carbocycles. The second kappa shape index (κ2) is 5.22. The fourth-order valence-electron chi connectivity index (χ4n) is 1.65. The fourth-order valence-corrected chi connectivity index (χ4v) is 3.00. The topological polar surface area (TPSA) is 38.7 Å². The molecular weight excluding hydrogens is 232 g/mol. The molecule has 0 aromatic carbocycles. The van der Waals surface area contributed by atoms with Crippen molar-refractivity contribution in [1.82, 2.24) is 0 Å². The van der Waals surface area contributed by atoms with Crippen LogP contribution in [0.2, 0.25) is 18.1 Å². The van der Waals surface area contributed by atoms with E-state index in [-0.39, 0.29) is 17.2 Å². The molecule has 1 unspecified atom stereocenters. The zero-order valence-corrected chi connectivity index (χ0v) is 12.7. The van der Waals surface area contributed by atoms with Crippen molar-refractivity contribution in [3.05, 3.63) is 12.7 Å². The lowest BCUT2D eigenvalue weighted by Gasteiger charge is -2.42. The van der Waals surface area contributed by atoms with Gasteiger partial charge in [-0.25, -0.2) is 0 Å². The van der Waals surface area contributed by atoms with Crippen LogP contribution in [0.3, 0.4) is 0 Å². The monoisotopic (exact) mass is 258 g/mol. The third-order valence-electron chi connectivity index (χ3n) is 3.88. The van der Waals surface area contributed by atoms with Crippen LogP contribution in [0.15, 0.2) is 12.7 Å². The number of hydrogen-bond acceptors (Lipinski definition) is 3. The molecule has 3 nitrogen and oxygen atoms in total. The Morgan fingerprint density at radius 2 is 1.94 bits per heavy atom. The zero-order valence-electron chi connectivity index (χ0n) is 11.7. The van der Waals surface area contributed by atoms with E-state index in [9.17, 15) is 5.11 Å². The van der Waals surface area contributed by atoms with Crippen LogP contribution in [-0.4, -0.2) is 31.9 Å². The summed E-state index contributed by atoms with van der Waals surface area (Å²) in [7, 11) is -1.83. The Balaban J connectivity index is 2.61. The SMILES string of the molecule is C=C[C@H]1CC[C@H](O[Si](C)(C)C(C)(C)C)C(O)O1. The van der Waals surface area contributed by atoms with Crippen molar-refractivity contribution in [2.45, 2.75) is 70.2 Å². The van der Waals surface area contributed by atoms with E-state index in [4.69, 9.17) is 9.16 Å². The van der Waals surface area contributed by atoms with Crippen molar-refractivity contribution in [3.63, 3.8) is 0 Å². The van der Waals surface area contributed by atoms with Crippen molar-refractivity contribution in [2.75, 3.05) is 0 Å². The van der Waals surface area contributed by atoms with Gasteiger partial charge in [-0.2, -0.15) is 0 Å². The number of rotatable bonds is 3. The van der Waals surface area contributed by atoms with Gasteiger partial charge in [0.25, 0.3) is 0 Å². The summed E-state index contributed by atoms with van der Waals surface area (Å²) in [4.78, 5) is 0.